The molecule has 26 heavy (non-hydrogen) atoms. The summed E-state index contributed by atoms with van der Waals surface area (Å²) in [5, 5.41) is 11.2. The Bertz CT molecular complexity index is 854. The molecule has 1 aliphatic heterocycles. The molecule has 1 atom stereocenters. The van der Waals surface area contributed by atoms with E-state index < -0.39 is 0 Å². The first-order chi connectivity index (χ1) is 12.8. The number of carbonyl (C=O) groups excluding carboxylic acids is 1. The third-order valence-corrected chi connectivity index (χ3v) is 4.65. The second-order valence-corrected chi connectivity index (χ2v) is 6.60. The first kappa shape index (κ1) is 16.5. The lowest BCUT2D eigenvalue weighted by Crippen LogP contribution is -2.30. The van der Waals surface area contributed by atoms with Crippen LogP contribution in [0.2, 0.25) is 0 Å². The van der Waals surface area contributed by atoms with Gasteiger partial charge >= 0.3 is 0 Å². The van der Waals surface area contributed by atoms with E-state index in [1.165, 1.54) is 0 Å². The predicted octanol–water partition coefficient (Wildman–Crippen LogP) is 2.44. The van der Waals surface area contributed by atoms with Crippen LogP contribution in [0, 0.1) is 5.92 Å². The Balaban J connectivity index is 1.43. The van der Waals surface area contributed by atoms with Crippen molar-refractivity contribution >= 4 is 5.91 Å². The molecule has 0 radical (unpaired) electrons. The minimum atomic E-state index is -0.0813. The van der Waals surface area contributed by atoms with Gasteiger partial charge in [-0.25, -0.2) is 0 Å². The van der Waals surface area contributed by atoms with E-state index in [0.717, 1.165) is 43.5 Å². The Morgan fingerprint density at radius 2 is 2.12 bits per heavy atom. The van der Waals surface area contributed by atoms with Crippen LogP contribution in [0.4, 0.5) is 0 Å². The lowest BCUT2D eigenvalue weighted by Gasteiger charge is -2.09. The molecule has 2 aromatic heterocycles. The van der Waals surface area contributed by atoms with Crippen molar-refractivity contribution in [3.05, 3.63) is 54.2 Å². The Kier molecular flexibility index (Phi) is 4.77. The largest absolute Gasteiger partial charge is 0.356 e. The Morgan fingerprint density at radius 3 is 2.92 bits per heavy atom. The van der Waals surface area contributed by atoms with E-state index in [2.05, 4.69) is 20.6 Å². The normalized spacial score (nSPS) is 17.7. The fourth-order valence-electron chi connectivity index (χ4n) is 3.20. The molecule has 1 amide bonds. The fourth-order valence-corrected chi connectivity index (χ4v) is 3.20. The molecule has 0 saturated carbocycles. The number of hydrogen-bond acceptors (Lipinski definition) is 5. The van der Waals surface area contributed by atoms with Gasteiger partial charge in [-0.1, -0.05) is 35.8 Å². The molecule has 134 valence electrons. The molecule has 1 unspecified atom stereocenters. The van der Waals surface area contributed by atoms with Gasteiger partial charge in [0.2, 0.25) is 17.6 Å². The maximum Gasteiger partial charge on any atom is 0.227 e. The standard InChI is InChI=1S/C19H21N5O2/c25-19-16(4-1-2-9-20-19)12-17-22-18(23-26-17)15-7-5-14(6-8-15)13-24-11-3-10-21-24/h3,5-8,10-11,16H,1-2,4,9,12-13H2,(H,20,25). The molecule has 1 aliphatic rings. The smallest absolute Gasteiger partial charge is 0.227 e. The summed E-state index contributed by atoms with van der Waals surface area (Å²) in [6.45, 7) is 1.48. The molecule has 1 fully saturated rings. The summed E-state index contributed by atoms with van der Waals surface area (Å²) >= 11 is 0. The minimum absolute atomic E-state index is 0.0813. The second kappa shape index (κ2) is 7.51. The van der Waals surface area contributed by atoms with Crippen LogP contribution in [0.15, 0.2) is 47.2 Å². The number of benzene rings is 1. The van der Waals surface area contributed by atoms with Crippen molar-refractivity contribution in [3.63, 3.8) is 0 Å². The summed E-state index contributed by atoms with van der Waals surface area (Å²) in [6.07, 6.45) is 7.14. The Hall–Kier alpha value is -2.96. The Morgan fingerprint density at radius 1 is 1.23 bits per heavy atom. The van der Waals surface area contributed by atoms with Gasteiger partial charge in [-0.15, -0.1) is 0 Å². The quantitative estimate of drug-likeness (QED) is 0.763. The summed E-state index contributed by atoms with van der Waals surface area (Å²) in [7, 11) is 0. The highest BCUT2D eigenvalue weighted by molar-refractivity contribution is 5.79. The zero-order chi connectivity index (χ0) is 17.8. The summed E-state index contributed by atoms with van der Waals surface area (Å²) in [5.41, 5.74) is 2.05. The average molecular weight is 351 g/mol. The molecule has 7 nitrogen and oxygen atoms in total. The van der Waals surface area contributed by atoms with E-state index in [0.29, 0.717) is 18.1 Å². The van der Waals surface area contributed by atoms with Crippen LogP contribution in [-0.4, -0.2) is 32.4 Å². The van der Waals surface area contributed by atoms with Crippen LogP contribution in [-0.2, 0) is 17.8 Å². The van der Waals surface area contributed by atoms with Gasteiger partial charge in [0.15, 0.2) is 0 Å². The molecule has 1 saturated heterocycles. The molecule has 0 bridgehead atoms. The van der Waals surface area contributed by atoms with E-state index in [4.69, 9.17) is 4.52 Å². The minimum Gasteiger partial charge on any atom is -0.356 e. The van der Waals surface area contributed by atoms with E-state index in [9.17, 15) is 4.79 Å². The van der Waals surface area contributed by atoms with Gasteiger partial charge in [0.05, 0.1) is 6.54 Å². The van der Waals surface area contributed by atoms with E-state index in [1.807, 2.05) is 41.2 Å². The van der Waals surface area contributed by atoms with Crippen molar-refractivity contribution in [1.29, 1.82) is 0 Å². The van der Waals surface area contributed by atoms with Gasteiger partial charge in [-0.2, -0.15) is 10.1 Å². The Labute approximate surface area is 151 Å². The number of hydrogen-bond donors (Lipinski definition) is 1. The highest BCUT2D eigenvalue weighted by Gasteiger charge is 2.23. The highest BCUT2D eigenvalue weighted by atomic mass is 16.5. The van der Waals surface area contributed by atoms with Gasteiger partial charge in [0, 0.05) is 36.8 Å². The molecule has 0 aliphatic carbocycles. The zero-order valence-electron chi connectivity index (χ0n) is 14.5. The van der Waals surface area contributed by atoms with Crippen LogP contribution >= 0.6 is 0 Å². The van der Waals surface area contributed by atoms with Crippen molar-refractivity contribution in [2.45, 2.75) is 32.2 Å². The van der Waals surface area contributed by atoms with Gasteiger partial charge in [-0.3, -0.25) is 9.48 Å². The first-order valence-corrected chi connectivity index (χ1v) is 8.95. The lowest BCUT2D eigenvalue weighted by molar-refractivity contribution is -0.124. The third-order valence-electron chi connectivity index (χ3n) is 4.65. The number of nitrogens with zero attached hydrogens (tertiary/aromatic N) is 4. The van der Waals surface area contributed by atoms with Crippen molar-refractivity contribution in [2.75, 3.05) is 6.54 Å². The molecule has 4 rings (SSSR count). The van der Waals surface area contributed by atoms with Gasteiger partial charge in [0.1, 0.15) is 0 Å². The first-order valence-electron chi connectivity index (χ1n) is 8.95. The van der Waals surface area contributed by atoms with Crippen molar-refractivity contribution in [3.8, 4) is 11.4 Å². The molecule has 3 aromatic rings. The number of aromatic nitrogens is 4. The summed E-state index contributed by atoms with van der Waals surface area (Å²) < 4.78 is 7.25. The molecule has 7 heteroatoms. The molecular formula is C19H21N5O2. The number of amides is 1. The van der Waals surface area contributed by atoms with E-state index in [1.54, 1.807) is 6.20 Å². The van der Waals surface area contributed by atoms with Crippen molar-refractivity contribution in [2.24, 2.45) is 5.92 Å². The molecule has 1 aromatic carbocycles. The van der Waals surface area contributed by atoms with Gasteiger partial charge in [-0.05, 0) is 24.5 Å². The van der Waals surface area contributed by atoms with E-state index >= 15 is 0 Å². The topological polar surface area (TPSA) is 85.8 Å². The fraction of sp³-hybridized carbons (Fsp3) is 0.368. The number of nitrogens with one attached hydrogen (secondary N) is 1. The van der Waals surface area contributed by atoms with Crippen LogP contribution in [0.5, 0.6) is 0 Å². The monoisotopic (exact) mass is 351 g/mol. The highest BCUT2D eigenvalue weighted by Crippen LogP contribution is 2.21. The average Bonchev–Trinajstić information content (AvgIpc) is 3.29. The van der Waals surface area contributed by atoms with Gasteiger partial charge < -0.3 is 9.84 Å². The lowest BCUT2D eigenvalue weighted by atomic mass is 9.99. The molecular weight excluding hydrogens is 330 g/mol. The molecule has 0 spiro atoms. The van der Waals surface area contributed by atoms with Crippen LogP contribution in [0.1, 0.15) is 30.7 Å². The number of rotatable bonds is 5. The third kappa shape index (κ3) is 3.82. The summed E-state index contributed by atoms with van der Waals surface area (Å²) in [6, 6.07) is 9.93. The molecule has 3 heterocycles. The molecule has 1 N–H and O–H groups in total. The van der Waals surface area contributed by atoms with Gasteiger partial charge in [0.25, 0.3) is 0 Å². The van der Waals surface area contributed by atoms with Crippen LogP contribution in [0.3, 0.4) is 0 Å². The van der Waals surface area contributed by atoms with Crippen LogP contribution < -0.4 is 5.32 Å². The summed E-state index contributed by atoms with van der Waals surface area (Å²) in [5.74, 6) is 1.08. The second-order valence-electron chi connectivity index (χ2n) is 6.60. The van der Waals surface area contributed by atoms with Crippen molar-refractivity contribution < 1.29 is 9.32 Å². The van der Waals surface area contributed by atoms with E-state index in [-0.39, 0.29) is 11.8 Å². The summed E-state index contributed by atoms with van der Waals surface area (Å²) in [4.78, 5) is 16.5. The predicted molar refractivity (Wildman–Crippen MR) is 95.1 cm³/mol. The maximum atomic E-state index is 12.1. The number of carbonyl (C=O) groups is 1. The maximum absolute atomic E-state index is 12.1. The van der Waals surface area contributed by atoms with Crippen molar-refractivity contribution in [1.82, 2.24) is 25.2 Å². The zero-order valence-corrected chi connectivity index (χ0v) is 14.5. The van der Waals surface area contributed by atoms with Crippen LogP contribution in [0.25, 0.3) is 11.4 Å². The SMILES string of the molecule is O=C1NCCCCC1Cc1nc(-c2ccc(Cn3cccn3)cc2)no1.